The highest BCUT2D eigenvalue weighted by atomic mass is 15.1. The summed E-state index contributed by atoms with van der Waals surface area (Å²) in [6.45, 7) is 10.2. The first-order chi connectivity index (χ1) is 6.77. The van der Waals surface area contributed by atoms with Gasteiger partial charge in [-0.2, -0.15) is 0 Å². The van der Waals surface area contributed by atoms with Crippen molar-refractivity contribution in [2.45, 2.75) is 6.54 Å². The predicted molar refractivity (Wildman–Crippen MR) is 61.1 cm³/mol. The fourth-order valence-corrected chi connectivity index (χ4v) is 1.46. The van der Waals surface area contributed by atoms with E-state index in [2.05, 4.69) is 48.0 Å². The van der Waals surface area contributed by atoms with E-state index in [1.54, 1.807) is 0 Å². The Balaban J connectivity index is 2.58. The summed E-state index contributed by atoms with van der Waals surface area (Å²) in [5.74, 6) is 0. The largest absolute Gasteiger partial charge is 0.353 e. The molecule has 0 aliphatic carbocycles. The van der Waals surface area contributed by atoms with Crippen molar-refractivity contribution in [3.05, 3.63) is 49.3 Å². The maximum atomic E-state index is 3.75. The summed E-state index contributed by atoms with van der Waals surface area (Å²) >= 11 is 0. The number of nitrogens with zero attached hydrogens (tertiary/aromatic N) is 2. The molecule has 0 unspecified atom stereocenters. The Labute approximate surface area is 86.2 Å². The van der Waals surface area contributed by atoms with E-state index in [1.807, 2.05) is 12.2 Å². The van der Waals surface area contributed by atoms with Crippen molar-refractivity contribution in [3.63, 3.8) is 0 Å². The molecule has 0 aliphatic heterocycles. The lowest BCUT2D eigenvalue weighted by Crippen LogP contribution is -2.24. The van der Waals surface area contributed by atoms with Crippen LogP contribution in [0.1, 0.15) is 5.69 Å². The van der Waals surface area contributed by atoms with E-state index in [4.69, 9.17) is 0 Å². The van der Waals surface area contributed by atoms with Gasteiger partial charge in [0.25, 0.3) is 0 Å². The summed E-state index contributed by atoms with van der Waals surface area (Å²) in [5.41, 5.74) is 1.31. The third-order valence-corrected chi connectivity index (χ3v) is 2.21. The zero-order valence-electron chi connectivity index (χ0n) is 8.82. The SMILES string of the molecule is C=CCN(CC=C)Cc1cccn1C. The quantitative estimate of drug-likeness (QED) is 0.624. The standard InChI is InChI=1S/C12H18N2/c1-4-8-14(9-5-2)11-12-7-6-10-13(12)3/h4-7,10H,1-2,8-9,11H2,3H3. The Kier molecular flexibility index (Phi) is 4.20. The summed E-state index contributed by atoms with van der Waals surface area (Å²) in [6.07, 6.45) is 5.91. The van der Waals surface area contributed by atoms with Gasteiger partial charge in [-0.3, -0.25) is 4.90 Å². The molecule has 0 spiro atoms. The van der Waals surface area contributed by atoms with Crippen molar-refractivity contribution in [1.82, 2.24) is 9.47 Å². The van der Waals surface area contributed by atoms with Gasteiger partial charge in [-0.25, -0.2) is 0 Å². The van der Waals surface area contributed by atoms with Gasteiger partial charge in [0.1, 0.15) is 0 Å². The van der Waals surface area contributed by atoms with E-state index in [-0.39, 0.29) is 0 Å². The van der Waals surface area contributed by atoms with Crippen LogP contribution in [0, 0.1) is 0 Å². The molecule has 0 N–H and O–H groups in total. The molecular formula is C12H18N2. The molecule has 76 valence electrons. The molecule has 0 radical (unpaired) electrons. The highest BCUT2D eigenvalue weighted by Gasteiger charge is 2.03. The summed E-state index contributed by atoms with van der Waals surface area (Å²) in [6, 6.07) is 4.20. The third-order valence-electron chi connectivity index (χ3n) is 2.21. The van der Waals surface area contributed by atoms with Gasteiger partial charge in [-0.15, -0.1) is 13.2 Å². The monoisotopic (exact) mass is 190 g/mol. The average Bonchev–Trinajstić information content (AvgIpc) is 2.53. The molecule has 0 saturated heterocycles. The fraction of sp³-hybridized carbons (Fsp3) is 0.333. The third kappa shape index (κ3) is 2.89. The Morgan fingerprint density at radius 3 is 2.43 bits per heavy atom. The molecule has 0 fully saturated rings. The summed E-state index contributed by atoms with van der Waals surface area (Å²) in [5, 5.41) is 0. The molecule has 2 nitrogen and oxygen atoms in total. The molecule has 1 heterocycles. The summed E-state index contributed by atoms with van der Waals surface area (Å²) in [7, 11) is 2.06. The van der Waals surface area contributed by atoms with Crippen molar-refractivity contribution >= 4 is 0 Å². The van der Waals surface area contributed by atoms with Gasteiger partial charge in [0.2, 0.25) is 0 Å². The van der Waals surface area contributed by atoms with Crippen LogP contribution in [0.4, 0.5) is 0 Å². The van der Waals surface area contributed by atoms with E-state index in [9.17, 15) is 0 Å². The van der Waals surface area contributed by atoms with Crippen LogP contribution >= 0.6 is 0 Å². The summed E-state index contributed by atoms with van der Waals surface area (Å²) < 4.78 is 2.14. The lowest BCUT2D eigenvalue weighted by molar-refractivity contribution is 0.320. The number of hydrogen-bond donors (Lipinski definition) is 0. The number of rotatable bonds is 6. The molecule has 2 heteroatoms. The van der Waals surface area contributed by atoms with Crippen LogP contribution < -0.4 is 0 Å². The molecule has 1 rings (SSSR count). The van der Waals surface area contributed by atoms with Crippen molar-refractivity contribution in [2.75, 3.05) is 13.1 Å². The number of aromatic nitrogens is 1. The lowest BCUT2D eigenvalue weighted by Gasteiger charge is -2.18. The molecule has 1 aromatic heterocycles. The van der Waals surface area contributed by atoms with Crippen molar-refractivity contribution in [2.24, 2.45) is 7.05 Å². The second kappa shape index (κ2) is 5.45. The molecule has 0 bridgehead atoms. The van der Waals surface area contributed by atoms with Gasteiger partial charge >= 0.3 is 0 Å². The number of aryl methyl sites for hydroxylation is 1. The first-order valence-electron chi connectivity index (χ1n) is 4.82. The van der Waals surface area contributed by atoms with Crippen LogP contribution in [0.25, 0.3) is 0 Å². The van der Waals surface area contributed by atoms with E-state index in [1.165, 1.54) is 5.69 Å². The normalized spacial score (nSPS) is 10.4. The second-order valence-corrected chi connectivity index (χ2v) is 3.38. The maximum Gasteiger partial charge on any atom is 0.0393 e. The molecule has 14 heavy (non-hydrogen) atoms. The molecule has 0 aromatic carbocycles. The smallest absolute Gasteiger partial charge is 0.0393 e. The van der Waals surface area contributed by atoms with Crippen LogP contribution in [0.5, 0.6) is 0 Å². The van der Waals surface area contributed by atoms with Gasteiger partial charge in [0.15, 0.2) is 0 Å². The first-order valence-corrected chi connectivity index (χ1v) is 4.82. The van der Waals surface area contributed by atoms with Crippen LogP contribution in [0.2, 0.25) is 0 Å². The van der Waals surface area contributed by atoms with Crippen molar-refractivity contribution < 1.29 is 0 Å². The molecule has 1 aromatic rings. The van der Waals surface area contributed by atoms with Crippen LogP contribution in [0.3, 0.4) is 0 Å². The van der Waals surface area contributed by atoms with E-state index >= 15 is 0 Å². The molecule has 0 atom stereocenters. The zero-order valence-corrected chi connectivity index (χ0v) is 8.82. The Morgan fingerprint density at radius 2 is 2.00 bits per heavy atom. The molecular weight excluding hydrogens is 172 g/mol. The minimum absolute atomic E-state index is 0.900. The van der Waals surface area contributed by atoms with Gasteiger partial charge in [-0.1, -0.05) is 12.2 Å². The minimum atomic E-state index is 0.900. The van der Waals surface area contributed by atoms with Crippen molar-refractivity contribution in [3.8, 4) is 0 Å². The topological polar surface area (TPSA) is 8.17 Å². The zero-order chi connectivity index (χ0) is 10.4. The number of hydrogen-bond acceptors (Lipinski definition) is 1. The van der Waals surface area contributed by atoms with Gasteiger partial charge < -0.3 is 4.57 Å². The van der Waals surface area contributed by atoms with Crippen molar-refractivity contribution in [1.29, 1.82) is 0 Å². The highest BCUT2D eigenvalue weighted by molar-refractivity contribution is 5.06. The minimum Gasteiger partial charge on any atom is -0.353 e. The molecule has 0 aliphatic rings. The first kappa shape index (κ1) is 10.8. The Hall–Kier alpha value is -1.28. The van der Waals surface area contributed by atoms with Gasteiger partial charge in [0.05, 0.1) is 0 Å². The van der Waals surface area contributed by atoms with Crippen LogP contribution in [-0.2, 0) is 13.6 Å². The maximum absolute atomic E-state index is 3.75. The van der Waals surface area contributed by atoms with E-state index in [0.717, 1.165) is 19.6 Å². The van der Waals surface area contributed by atoms with Gasteiger partial charge in [0, 0.05) is 38.6 Å². The summed E-state index contributed by atoms with van der Waals surface area (Å²) in [4.78, 5) is 2.29. The molecule has 0 amide bonds. The fourth-order valence-electron chi connectivity index (χ4n) is 1.46. The predicted octanol–water partition coefficient (Wildman–Crippen LogP) is 2.20. The lowest BCUT2D eigenvalue weighted by atomic mass is 10.3. The average molecular weight is 190 g/mol. The van der Waals surface area contributed by atoms with Crippen LogP contribution in [0.15, 0.2) is 43.6 Å². The molecule has 0 saturated carbocycles. The van der Waals surface area contributed by atoms with Gasteiger partial charge in [-0.05, 0) is 12.1 Å². The van der Waals surface area contributed by atoms with Crippen LogP contribution in [-0.4, -0.2) is 22.6 Å². The second-order valence-electron chi connectivity index (χ2n) is 3.38. The Morgan fingerprint density at radius 1 is 1.36 bits per heavy atom. The van der Waals surface area contributed by atoms with E-state index < -0.39 is 0 Å². The Bertz CT molecular complexity index is 289. The van der Waals surface area contributed by atoms with E-state index in [0.29, 0.717) is 0 Å². The highest BCUT2D eigenvalue weighted by Crippen LogP contribution is 2.04.